The predicted octanol–water partition coefficient (Wildman–Crippen LogP) is 0.536. The number of carbonyl (C=O) groups excluding carboxylic acids is 1. The van der Waals surface area contributed by atoms with Crippen molar-refractivity contribution in [3.63, 3.8) is 0 Å². The van der Waals surface area contributed by atoms with Crippen molar-refractivity contribution in [1.29, 1.82) is 0 Å². The zero-order valence-electron chi connectivity index (χ0n) is 9.12. The molecule has 1 unspecified atom stereocenters. The molecule has 0 aliphatic rings. The molecule has 2 N–H and O–H groups in total. The van der Waals surface area contributed by atoms with Gasteiger partial charge < -0.3 is 15.2 Å². The van der Waals surface area contributed by atoms with E-state index in [9.17, 15) is 4.79 Å². The molecule has 1 atom stereocenters. The Bertz CT molecular complexity index is 285. The number of aromatic nitrogens is 1. The highest BCUT2D eigenvalue weighted by Crippen LogP contribution is 1.96. The summed E-state index contributed by atoms with van der Waals surface area (Å²) in [5, 5.41) is 9.62. The van der Waals surface area contributed by atoms with Gasteiger partial charge in [-0.05, 0) is 6.54 Å². The van der Waals surface area contributed by atoms with Gasteiger partial charge in [-0.15, -0.1) is 0 Å². The molecule has 0 radical (unpaired) electrons. The summed E-state index contributed by atoms with van der Waals surface area (Å²) >= 11 is 0. The summed E-state index contributed by atoms with van der Waals surface area (Å²) in [5.41, 5.74) is 0.735. The zero-order valence-corrected chi connectivity index (χ0v) is 9.12. The molecule has 84 valence electrons. The van der Waals surface area contributed by atoms with E-state index >= 15 is 0 Å². The Morgan fingerprint density at radius 3 is 3.07 bits per heavy atom. The van der Waals surface area contributed by atoms with Crippen LogP contribution in [0.3, 0.4) is 0 Å². The number of carbonyl (C=O) groups is 1. The van der Waals surface area contributed by atoms with Crippen LogP contribution in [0.15, 0.2) is 16.9 Å². The lowest BCUT2D eigenvalue weighted by Crippen LogP contribution is -2.34. The highest BCUT2D eigenvalue weighted by atomic mass is 16.5. The van der Waals surface area contributed by atoms with Gasteiger partial charge >= 0.3 is 0 Å². The Hall–Kier alpha value is -1.36. The summed E-state index contributed by atoms with van der Waals surface area (Å²) in [6, 6.07) is 1.73. The largest absolute Gasteiger partial charge is 0.364 e. The quantitative estimate of drug-likeness (QED) is 0.720. The molecule has 0 aromatic carbocycles. The van der Waals surface area contributed by atoms with Crippen LogP contribution >= 0.6 is 0 Å². The van der Waals surface area contributed by atoms with Crippen molar-refractivity contribution in [2.45, 2.75) is 20.4 Å². The van der Waals surface area contributed by atoms with Crippen molar-refractivity contribution < 1.29 is 9.32 Å². The summed E-state index contributed by atoms with van der Waals surface area (Å²) in [6.07, 6.45) is 1.49. The molecule has 0 spiro atoms. The van der Waals surface area contributed by atoms with Crippen molar-refractivity contribution in [3.05, 3.63) is 18.0 Å². The third-order valence-electron chi connectivity index (χ3n) is 2.08. The van der Waals surface area contributed by atoms with Crippen LogP contribution in [-0.2, 0) is 11.3 Å². The monoisotopic (exact) mass is 211 g/mol. The van der Waals surface area contributed by atoms with E-state index in [0.29, 0.717) is 13.1 Å². The number of hydrogen-bond donors (Lipinski definition) is 2. The Morgan fingerprint density at radius 1 is 1.67 bits per heavy atom. The molecule has 1 heterocycles. The predicted molar refractivity (Wildman–Crippen MR) is 56.1 cm³/mol. The molecule has 0 bridgehead atoms. The summed E-state index contributed by atoms with van der Waals surface area (Å²) < 4.78 is 4.66. The Morgan fingerprint density at radius 2 is 2.47 bits per heavy atom. The smallest absolute Gasteiger partial charge is 0.224 e. The van der Waals surface area contributed by atoms with E-state index < -0.39 is 0 Å². The number of rotatable bonds is 6. The average Bonchev–Trinajstić information content (AvgIpc) is 2.75. The minimum Gasteiger partial charge on any atom is -0.364 e. The molecule has 0 fully saturated rings. The van der Waals surface area contributed by atoms with Crippen LogP contribution < -0.4 is 10.6 Å². The highest BCUT2D eigenvalue weighted by Gasteiger charge is 2.11. The van der Waals surface area contributed by atoms with E-state index in [1.807, 2.05) is 13.8 Å². The molecule has 0 saturated carbocycles. The van der Waals surface area contributed by atoms with Crippen LogP contribution in [0.5, 0.6) is 0 Å². The first kappa shape index (κ1) is 11.7. The minimum atomic E-state index is -0.0307. The maximum Gasteiger partial charge on any atom is 0.224 e. The molecule has 0 aliphatic heterocycles. The lowest BCUT2D eigenvalue weighted by molar-refractivity contribution is -0.124. The summed E-state index contributed by atoms with van der Waals surface area (Å²) in [7, 11) is 0. The second-order valence-corrected chi connectivity index (χ2v) is 3.42. The molecule has 1 aromatic rings. The molecule has 5 heteroatoms. The maximum atomic E-state index is 11.5. The standard InChI is InChI=1S/C10H17N3O2/c1-3-11-6-8(2)10(14)12-7-9-4-5-15-13-9/h4-5,8,11H,3,6-7H2,1-2H3,(H,12,14). The van der Waals surface area contributed by atoms with Gasteiger partial charge in [-0.2, -0.15) is 0 Å². The minimum absolute atomic E-state index is 0.0268. The molecular weight excluding hydrogens is 194 g/mol. The van der Waals surface area contributed by atoms with Crippen molar-refractivity contribution in [3.8, 4) is 0 Å². The molecule has 1 rings (SSSR count). The number of hydrogen-bond acceptors (Lipinski definition) is 4. The lowest BCUT2D eigenvalue weighted by Gasteiger charge is -2.11. The second-order valence-electron chi connectivity index (χ2n) is 3.42. The van der Waals surface area contributed by atoms with Gasteiger partial charge in [-0.1, -0.05) is 19.0 Å². The first-order valence-corrected chi connectivity index (χ1v) is 5.11. The summed E-state index contributed by atoms with van der Waals surface area (Å²) in [6.45, 7) is 5.90. The van der Waals surface area contributed by atoms with Gasteiger partial charge in [0, 0.05) is 18.5 Å². The van der Waals surface area contributed by atoms with E-state index in [4.69, 9.17) is 0 Å². The summed E-state index contributed by atoms with van der Waals surface area (Å²) in [4.78, 5) is 11.5. The molecule has 1 aromatic heterocycles. The van der Waals surface area contributed by atoms with E-state index in [1.165, 1.54) is 6.26 Å². The van der Waals surface area contributed by atoms with Crippen LogP contribution in [0.25, 0.3) is 0 Å². The SMILES string of the molecule is CCNCC(C)C(=O)NCc1ccon1. The summed E-state index contributed by atoms with van der Waals surface area (Å²) in [5.74, 6) is -0.00389. The lowest BCUT2D eigenvalue weighted by atomic mass is 10.1. The van der Waals surface area contributed by atoms with Gasteiger partial charge in [-0.3, -0.25) is 4.79 Å². The van der Waals surface area contributed by atoms with Gasteiger partial charge in [-0.25, -0.2) is 0 Å². The van der Waals surface area contributed by atoms with Gasteiger partial charge in [0.15, 0.2) is 0 Å². The average molecular weight is 211 g/mol. The van der Waals surface area contributed by atoms with Gasteiger partial charge in [0.1, 0.15) is 12.0 Å². The fourth-order valence-electron chi connectivity index (χ4n) is 1.13. The molecule has 1 amide bonds. The van der Waals surface area contributed by atoms with Crippen molar-refractivity contribution in [1.82, 2.24) is 15.8 Å². The first-order chi connectivity index (χ1) is 7.24. The molecule has 15 heavy (non-hydrogen) atoms. The van der Waals surface area contributed by atoms with Gasteiger partial charge in [0.05, 0.1) is 6.54 Å². The van der Waals surface area contributed by atoms with Gasteiger partial charge in [0.2, 0.25) is 5.91 Å². The van der Waals surface area contributed by atoms with Crippen molar-refractivity contribution in [2.24, 2.45) is 5.92 Å². The maximum absolute atomic E-state index is 11.5. The zero-order chi connectivity index (χ0) is 11.1. The molecule has 0 saturated heterocycles. The van der Waals surface area contributed by atoms with Crippen LogP contribution in [0.2, 0.25) is 0 Å². The fourth-order valence-corrected chi connectivity index (χ4v) is 1.13. The van der Waals surface area contributed by atoms with E-state index in [0.717, 1.165) is 12.2 Å². The fraction of sp³-hybridized carbons (Fsp3) is 0.600. The Kier molecular flexibility index (Phi) is 4.83. The third kappa shape index (κ3) is 4.12. The first-order valence-electron chi connectivity index (χ1n) is 5.11. The van der Waals surface area contributed by atoms with Crippen LogP contribution in [-0.4, -0.2) is 24.2 Å². The Labute approximate surface area is 89.2 Å². The number of nitrogens with zero attached hydrogens (tertiary/aromatic N) is 1. The second kappa shape index (κ2) is 6.19. The normalized spacial score (nSPS) is 12.4. The van der Waals surface area contributed by atoms with Crippen LogP contribution in [0.1, 0.15) is 19.5 Å². The number of amides is 1. The molecule has 5 nitrogen and oxygen atoms in total. The van der Waals surface area contributed by atoms with E-state index in [-0.39, 0.29) is 11.8 Å². The molecular formula is C10H17N3O2. The van der Waals surface area contributed by atoms with E-state index in [2.05, 4.69) is 20.3 Å². The highest BCUT2D eigenvalue weighted by molar-refractivity contribution is 5.78. The Balaban J connectivity index is 2.23. The van der Waals surface area contributed by atoms with Crippen molar-refractivity contribution in [2.75, 3.05) is 13.1 Å². The number of nitrogens with one attached hydrogen (secondary N) is 2. The van der Waals surface area contributed by atoms with Gasteiger partial charge in [0.25, 0.3) is 0 Å². The van der Waals surface area contributed by atoms with Crippen LogP contribution in [0, 0.1) is 5.92 Å². The van der Waals surface area contributed by atoms with Crippen LogP contribution in [0.4, 0.5) is 0 Å². The van der Waals surface area contributed by atoms with E-state index in [1.54, 1.807) is 6.07 Å². The molecule has 0 aliphatic carbocycles. The topological polar surface area (TPSA) is 67.2 Å². The van der Waals surface area contributed by atoms with Crippen molar-refractivity contribution >= 4 is 5.91 Å². The third-order valence-corrected chi connectivity index (χ3v) is 2.08.